The van der Waals surface area contributed by atoms with Gasteiger partial charge in [-0.3, -0.25) is 0 Å². The number of primary sulfonamides is 1. The van der Waals surface area contributed by atoms with Gasteiger partial charge in [0.05, 0.1) is 4.90 Å². The highest BCUT2D eigenvalue weighted by molar-refractivity contribution is 7.89. The molecule has 0 radical (unpaired) electrons. The quantitative estimate of drug-likeness (QED) is 0.947. The van der Waals surface area contributed by atoms with E-state index in [-0.39, 0.29) is 21.4 Å². The van der Waals surface area contributed by atoms with Crippen LogP contribution in [-0.2, 0) is 10.0 Å². The van der Waals surface area contributed by atoms with E-state index >= 15 is 0 Å². The van der Waals surface area contributed by atoms with Gasteiger partial charge in [0.2, 0.25) is 10.0 Å². The fraction of sp³-hybridized carbons (Fsp3) is 0.167. The molecular weight excluding hydrogens is 295 g/mol. The van der Waals surface area contributed by atoms with Crippen molar-refractivity contribution in [2.24, 2.45) is 5.14 Å². The predicted molar refractivity (Wildman–Crippen MR) is 66.9 cm³/mol. The third kappa shape index (κ3) is 3.20. The van der Waals surface area contributed by atoms with Gasteiger partial charge < -0.3 is 4.74 Å². The summed E-state index contributed by atoms with van der Waals surface area (Å²) in [6, 6.07) is 8.34. The standard InChI is InChI=1S/C12H10F3NO3S/c13-12(14,15)7-19-10-5-6-11(20(16,17)18)9-4-2-1-3-8(9)10/h1-6H,7H2,(H2,16,17,18). The van der Waals surface area contributed by atoms with Crippen LogP contribution < -0.4 is 9.88 Å². The summed E-state index contributed by atoms with van der Waals surface area (Å²) in [7, 11) is -3.97. The van der Waals surface area contributed by atoms with E-state index in [1.54, 1.807) is 12.1 Å². The monoisotopic (exact) mass is 305 g/mol. The van der Waals surface area contributed by atoms with Crippen LogP contribution in [0.15, 0.2) is 41.3 Å². The Morgan fingerprint density at radius 2 is 1.65 bits per heavy atom. The Bertz CT molecular complexity index is 741. The van der Waals surface area contributed by atoms with Crippen LogP contribution in [-0.4, -0.2) is 21.2 Å². The van der Waals surface area contributed by atoms with Crippen LogP contribution in [0.5, 0.6) is 5.75 Å². The summed E-state index contributed by atoms with van der Waals surface area (Å²) in [5.41, 5.74) is 0. The first kappa shape index (κ1) is 14.6. The molecule has 0 aliphatic heterocycles. The van der Waals surface area contributed by atoms with E-state index in [0.29, 0.717) is 0 Å². The molecule has 0 spiro atoms. The molecule has 0 heterocycles. The van der Waals surface area contributed by atoms with Crippen molar-refractivity contribution in [1.29, 1.82) is 0 Å². The Balaban J connectivity index is 2.55. The van der Waals surface area contributed by atoms with E-state index in [1.165, 1.54) is 12.1 Å². The summed E-state index contributed by atoms with van der Waals surface area (Å²) >= 11 is 0. The first-order valence-corrected chi connectivity index (χ1v) is 6.97. The van der Waals surface area contributed by atoms with E-state index in [9.17, 15) is 21.6 Å². The summed E-state index contributed by atoms with van der Waals surface area (Å²) in [6.45, 7) is -1.45. The van der Waals surface area contributed by atoms with Crippen LogP contribution in [0.3, 0.4) is 0 Å². The first-order chi connectivity index (χ1) is 9.18. The molecule has 0 saturated heterocycles. The Morgan fingerprint density at radius 3 is 2.20 bits per heavy atom. The third-order valence-corrected chi connectivity index (χ3v) is 3.51. The van der Waals surface area contributed by atoms with E-state index in [0.717, 1.165) is 12.1 Å². The minimum Gasteiger partial charge on any atom is -0.483 e. The Hall–Kier alpha value is -1.80. The van der Waals surface area contributed by atoms with Crippen molar-refractivity contribution in [3.05, 3.63) is 36.4 Å². The highest BCUT2D eigenvalue weighted by atomic mass is 32.2. The van der Waals surface area contributed by atoms with Gasteiger partial charge in [-0.2, -0.15) is 13.2 Å². The maximum absolute atomic E-state index is 12.2. The summed E-state index contributed by atoms with van der Waals surface area (Å²) in [5.74, 6) is -0.0506. The smallest absolute Gasteiger partial charge is 0.422 e. The summed E-state index contributed by atoms with van der Waals surface area (Å²) in [4.78, 5) is -0.160. The molecule has 2 aromatic rings. The number of nitrogens with two attached hydrogens (primary N) is 1. The molecule has 0 aromatic heterocycles. The molecule has 0 aliphatic carbocycles. The fourth-order valence-corrected chi connectivity index (χ4v) is 2.52. The van der Waals surface area contributed by atoms with Crippen molar-refractivity contribution in [1.82, 2.24) is 0 Å². The van der Waals surface area contributed by atoms with E-state index in [1.807, 2.05) is 0 Å². The third-order valence-electron chi connectivity index (χ3n) is 2.54. The zero-order chi connectivity index (χ0) is 15.0. The van der Waals surface area contributed by atoms with Crippen molar-refractivity contribution >= 4 is 20.8 Å². The molecule has 8 heteroatoms. The minimum atomic E-state index is -4.47. The van der Waals surface area contributed by atoms with Crippen LogP contribution in [0.4, 0.5) is 13.2 Å². The molecule has 2 N–H and O–H groups in total. The molecule has 0 atom stereocenters. The van der Waals surface area contributed by atoms with Crippen LogP contribution in [0.2, 0.25) is 0 Å². The molecule has 2 rings (SSSR count). The number of benzene rings is 2. The number of alkyl halides is 3. The largest absolute Gasteiger partial charge is 0.483 e. The van der Waals surface area contributed by atoms with Gasteiger partial charge in [-0.05, 0) is 12.1 Å². The normalized spacial score (nSPS) is 12.6. The van der Waals surface area contributed by atoms with Gasteiger partial charge in [-0.15, -0.1) is 0 Å². The molecule has 0 aliphatic rings. The van der Waals surface area contributed by atoms with Crippen molar-refractivity contribution < 1.29 is 26.3 Å². The molecule has 0 fully saturated rings. The highest BCUT2D eigenvalue weighted by Crippen LogP contribution is 2.31. The summed E-state index contributed by atoms with van der Waals surface area (Å²) in [5, 5.41) is 5.54. The Labute approximate surface area is 113 Å². The second kappa shape index (κ2) is 4.95. The maximum Gasteiger partial charge on any atom is 0.422 e. The molecule has 20 heavy (non-hydrogen) atoms. The molecule has 0 amide bonds. The van der Waals surface area contributed by atoms with Gasteiger partial charge >= 0.3 is 6.18 Å². The van der Waals surface area contributed by atoms with Crippen molar-refractivity contribution in [2.45, 2.75) is 11.1 Å². The number of fused-ring (bicyclic) bond motifs is 1. The lowest BCUT2D eigenvalue weighted by molar-refractivity contribution is -0.153. The Kier molecular flexibility index (Phi) is 3.61. The SMILES string of the molecule is NS(=O)(=O)c1ccc(OCC(F)(F)F)c2ccccc12. The zero-order valence-electron chi connectivity index (χ0n) is 10.0. The summed E-state index contributed by atoms with van der Waals surface area (Å²) < 4.78 is 64.1. The number of sulfonamides is 1. The lowest BCUT2D eigenvalue weighted by Crippen LogP contribution is -2.19. The number of halogens is 3. The molecule has 0 saturated carbocycles. The van der Waals surface area contributed by atoms with Gasteiger partial charge in [0.1, 0.15) is 5.75 Å². The maximum atomic E-state index is 12.2. The van der Waals surface area contributed by atoms with E-state index in [2.05, 4.69) is 0 Å². The second-order valence-corrected chi connectivity index (χ2v) is 5.59. The molecular formula is C12H10F3NO3S. The van der Waals surface area contributed by atoms with Gasteiger partial charge in [0, 0.05) is 10.8 Å². The molecule has 0 bridgehead atoms. The number of rotatable bonds is 3. The molecule has 108 valence electrons. The van der Waals surface area contributed by atoms with Gasteiger partial charge in [-0.25, -0.2) is 13.6 Å². The first-order valence-electron chi connectivity index (χ1n) is 5.42. The minimum absolute atomic E-state index is 0.0506. The fourth-order valence-electron chi connectivity index (χ4n) is 1.78. The number of hydrogen-bond acceptors (Lipinski definition) is 3. The van der Waals surface area contributed by atoms with Crippen molar-refractivity contribution in [3.63, 3.8) is 0 Å². The zero-order valence-corrected chi connectivity index (χ0v) is 10.8. The van der Waals surface area contributed by atoms with Crippen LogP contribution >= 0.6 is 0 Å². The molecule has 2 aromatic carbocycles. The van der Waals surface area contributed by atoms with Crippen molar-refractivity contribution in [3.8, 4) is 5.75 Å². The topological polar surface area (TPSA) is 69.4 Å². The summed E-state index contributed by atoms with van der Waals surface area (Å²) in [6.07, 6.45) is -4.47. The lowest BCUT2D eigenvalue weighted by Gasteiger charge is -2.13. The van der Waals surface area contributed by atoms with Gasteiger partial charge in [0.25, 0.3) is 0 Å². The number of ether oxygens (including phenoxy) is 1. The van der Waals surface area contributed by atoms with Crippen molar-refractivity contribution in [2.75, 3.05) is 6.61 Å². The van der Waals surface area contributed by atoms with E-state index < -0.39 is 22.8 Å². The van der Waals surface area contributed by atoms with Crippen LogP contribution in [0.1, 0.15) is 0 Å². The van der Waals surface area contributed by atoms with Gasteiger partial charge in [-0.1, -0.05) is 24.3 Å². The van der Waals surface area contributed by atoms with Crippen LogP contribution in [0.25, 0.3) is 10.8 Å². The Morgan fingerprint density at radius 1 is 1.05 bits per heavy atom. The van der Waals surface area contributed by atoms with Crippen LogP contribution in [0, 0.1) is 0 Å². The average molecular weight is 305 g/mol. The van der Waals surface area contributed by atoms with E-state index in [4.69, 9.17) is 9.88 Å². The highest BCUT2D eigenvalue weighted by Gasteiger charge is 2.29. The number of hydrogen-bond donors (Lipinski definition) is 1. The second-order valence-electron chi connectivity index (χ2n) is 4.06. The molecule has 0 unspecified atom stereocenters. The average Bonchev–Trinajstić information content (AvgIpc) is 2.33. The molecule has 4 nitrogen and oxygen atoms in total. The lowest BCUT2D eigenvalue weighted by atomic mass is 10.1. The van der Waals surface area contributed by atoms with Gasteiger partial charge in [0.15, 0.2) is 6.61 Å². The predicted octanol–water partition coefficient (Wildman–Crippen LogP) is 2.43.